The first-order chi connectivity index (χ1) is 15.6. The summed E-state index contributed by atoms with van der Waals surface area (Å²) in [5, 5.41) is 11.2. The molecule has 0 N–H and O–H groups in total. The van der Waals surface area contributed by atoms with Crippen LogP contribution in [0.3, 0.4) is 0 Å². The van der Waals surface area contributed by atoms with Gasteiger partial charge in [0.2, 0.25) is 0 Å². The van der Waals surface area contributed by atoms with Crippen LogP contribution in [0.2, 0.25) is 0 Å². The number of hydrogen-bond acceptors (Lipinski definition) is 7. The van der Waals surface area contributed by atoms with Crippen LogP contribution >= 0.6 is 0 Å². The minimum Gasteiger partial charge on any atom is -0.373 e. The average molecular weight is 431 g/mol. The van der Waals surface area contributed by atoms with Crippen LogP contribution in [0, 0.1) is 17.0 Å². The third-order valence-corrected chi connectivity index (χ3v) is 6.12. The summed E-state index contributed by atoms with van der Waals surface area (Å²) in [5.74, 6) is 1.33. The molecular weight excluding hydrogens is 406 g/mol. The first-order valence-corrected chi connectivity index (χ1v) is 10.8. The van der Waals surface area contributed by atoms with Gasteiger partial charge in [-0.2, -0.15) is 0 Å². The standard InChI is InChI=1S/C24H25N5O3/c1-17-12-23(26-24(25-17)19-8-5-9-20(13-19)29(30)31)28-15-21-22(16-28)32-11-10-27(21)14-18-6-3-2-4-7-18/h2-9,12-13,21-22H,10-11,14-16H2,1H3. The zero-order valence-electron chi connectivity index (χ0n) is 17.9. The van der Waals surface area contributed by atoms with Crippen molar-refractivity contribution in [2.75, 3.05) is 31.1 Å². The maximum Gasteiger partial charge on any atom is 0.270 e. The number of benzene rings is 2. The second-order valence-corrected chi connectivity index (χ2v) is 8.34. The molecule has 32 heavy (non-hydrogen) atoms. The van der Waals surface area contributed by atoms with E-state index in [1.165, 1.54) is 17.7 Å². The van der Waals surface area contributed by atoms with Crippen LogP contribution in [-0.4, -0.2) is 58.2 Å². The second kappa shape index (κ2) is 8.64. The number of morpholine rings is 1. The van der Waals surface area contributed by atoms with Crippen molar-refractivity contribution in [1.29, 1.82) is 0 Å². The van der Waals surface area contributed by atoms with Gasteiger partial charge in [-0.1, -0.05) is 42.5 Å². The van der Waals surface area contributed by atoms with E-state index in [1.807, 2.05) is 19.1 Å². The Hall–Kier alpha value is -3.36. The number of hydrogen-bond donors (Lipinski definition) is 0. The van der Waals surface area contributed by atoms with Crippen LogP contribution in [0.1, 0.15) is 11.3 Å². The third-order valence-electron chi connectivity index (χ3n) is 6.12. The molecule has 2 fully saturated rings. The highest BCUT2D eigenvalue weighted by atomic mass is 16.6. The number of rotatable bonds is 5. The number of nitro groups is 1. The van der Waals surface area contributed by atoms with E-state index in [9.17, 15) is 10.1 Å². The van der Waals surface area contributed by atoms with E-state index < -0.39 is 4.92 Å². The van der Waals surface area contributed by atoms with Crippen LogP contribution in [-0.2, 0) is 11.3 Å². The molecule has 2 aromatic carbocycles. The normalized spacial score (nSPS) is 20.8. The van der Waals surface area contributed by atoms with Crippen molar-refractivity contribution in [2.24, 2.45) is 0 Å². The molecule has 2 saturated heterocycles. The molecule has 5 rings (SSSR count). The van der Waals surface area contributed by atoms with E-state index >= 15 is 0 Å². The molecule has 2 unspecified atom stereocenters. The number of fused-ring (bicyclic) bond motifs is 1. The molecule has 2 aliphatic rings. The highest BCUT2D eigenvalue weighted by molar-refractivity contribution is 5.61. The largest absolute Gasteiger partial charge is 0.373 e. The number of aryl methyl sites for hydroxylation is 1. The fourth-order valence-electron chi connectivity index (χ4n) is 4.56. The Bertz CT molecular complexity index is 1120. The van der Waals surface area contributed by atoms with E-state index in [4.69, 9.17) is 9.72 Å². The molecule has 8 nitrogen and oxygen atoms in total. The number of non-ortho nitro benzene ring substituents is 1. The Morgan fingerprint density at radius 1 is 1.09 bits per heavy atom. The Kier molecular flexibility index (Phi) is 5.55. The van der Waals surface area contributed by atoms with Crippen molar-refractivity contribution in [2.45, 2.75) is 25.6 Å². The van der Waals surface area contributed by atoms with Crippen LogP contribution in [0.5, 0.6) is 0 Å². The predicted octanol–water partition coefficient (Wildman–Crippen LogP) is 3.45. The fourth-order valence-corrected chi connectivity index (χ4v) is 4.56. The summed E-state index contributed by atoms with van der Waals surface area (Å²) in [4.78, 5) is 24.8. The monoisotopic (exact) mass is 431 g/mol. The topological polar surface area (TPSA) is 84.6 Å². The van der Waals surface area contributed by atoms with Gasteiger partial charge >= 0.3 is 0 Å². The van der Waals surface area contributed by atoms with Gasteiger partial charge in [-0.25, -0.2) is 9.97 Å². The maximum absolute atomic E-state index is 11.2. The zero-order valence-corrected chi connectivity index (χ0v) is 17.9. The van der Waals surface area contributed by atoms with E-state index in [0.29, 0.717) is 17.4 Å². The van der Waals surface area contributed by atoms with Crippen molar-refractivity contribution in [1.82, 2.24) is 14.9 Å². The summed E-state index contributed by atoms with van der Waals surface area (Å²) in [6.07, 6.45) is 0.129. The van der Waals surface area contributed by atoms with Gasteiger partial charge in [-0.3, -0.25) is 15.0 Å². The van der Waals surface area contributed by atoms with Crippen LogP contribution in [0.4, 0.5) is 11.5 Å². The second-order valence-electron chi connectivity index (χ2n) is 8.34. The smallest absolute Gasteiger partial charge is 0.270 e. The molecule has 3 aromatic rings. The summed E-state index contributed by atoms with van der Waals surface area (Å²) in [7, 11) is 0. The van der Waals surface area contributed by atoms with Gasteiger partial charge in [-0.15, -0.1) is 0 Å². The number of ether oxygens (including phenoxy) is 1. The SMILES string of the molecule is Cc1cc(N2CC3OCCN(Cc4ccccc4)C3C2)nc(-c2cccc([N+](=O)[O-])c2)n1. The Labute approximate surface area is 186 Å². The van der Waals surface area contributed by atoms with Crippen molar-refractivity contribution in [3.8, 4) is 11.4 Å². The van der Waals surface area contributed by atoms with Crippen molar-refractivity contribution >= 4 is 11.5 Å². The summed E-state index contributed by atoms with van der Waals surface area (Å²) in [6, 6.07) is 19.3. The summed E-state index contributed by atoms with van der Waals surface area (Å²) in [6.45, 7) is 6.05. The first-order valence-electron chi connectivity index (χ1n) is 10.8. The fraction of sp³-hybridized carbons (Fsp3) is 0.333. The lowest BCUT2D eigenvalue weighted by molar-refractivity contribution is -0.384. The highest BCUT2D eigenvalue weighted by Crippen LogP contribution is 2.29. The average Bonchev–Trinajstić information content (AvgIpc) is 3.25. The number of aromatic nitrogens is 2. The van der Waals surface area contributed by atoms with E-state index in [1.54, 1.807) is 12.1 Å². The molecule has 0 aliphatic carbocycles. The molecule has 1 aromatic heterocycles. The Balaban J connectivity index is 1.39. The quantitative estimate of drug-likeness (QED) is 0.452. The summed E-state index contributed by atoms with van der Waals surface area (Å²) < 4.78 is 6.11. The molecule has 0 saturated carbocycles. The third kappa shape index (κ3) is 4.19. The molecule has 164 valence electrons. The lowest BCUT2D eigenvalue weighted by atomic mass is 10.1. The van der Waals surface area contributed by atoms with Gasteiger partial charge in [0.05, 0.1) is 23.7 Å². The van der Waals surface area contributed by atoms with E-state index in [-0.39, 0.29) is 11.8 Å². The lowest BCUT2D eigenvalue weighted by Gasteiger charge is -2.36. The van der Waals surface area contributed by atoms with E-state index in [0.717, 1.165) is 44.3 Å². The van der Waals surface area contributed by atoms with E-state index in [2.05, 4.69) is 39.0 Å². The molecule has 2 atom stereocenters. The van der Waals surface area contributed by atoms with Crippen molar-refractivity contribution in [3.63, 3.8) is 0 Å². The molecule has 3 heterocycles. The van der Waals surface area contributed by atoms with Gasteiger partial charge in [0, 0.05) is 55.6 Å². The number of anilines is 1. The summed E-state index contributed by atoms with van der Waals surface area (Å²) >= 11 is 0. The van der Waals surface area contributed by atoms with Crippen LogP contribution < -0.4 is 4.90 Å². The maximum atomic E-state index is 11.2. The van der Waals surface area contributed by atoms with Gasteiger partial charge in [0.15, 0.2) is 5.82 Å². The molecule has 0 amide bonds. The Morgan fingerprint density at radius 2 is 1.94 bits per heavy atom. The summed E-state index contributed by atoms with van der Waals surface area (Å²) in [5.41, 5.74) is 2.81. The molecule has 0 spiro atoms. The number of nitrogens with zero attached hydrogens (tertiary/aromatic N) is 5. The highest BCUT2D eigenvalue weighted by Gasteiger charge is 2.40. The minimum absolute atomic E-state index is 0.0336. The molecular formula is C24H25N5O3. The molecule has 0 radical (unpaired) electrons. The van der Waals surface area contributed by atoms with Crippen molar-refractivity contribution in [3.05, 3.63) is 82.0 Å². The van der Waals surface area contributed by atoms with Gasteiger partial charge in [0.1, 0.15) is 5.82 Å². The first kappa shape index (κ1) is 20.5. The molecule has 0 bridgehead atoms. The number of nitro benzene ring substituents is 1. The van der Waals surface area contributed by atoms with Gasteiger partial charge < -0.3 is 9.64 Å². The minimum atomic E-state index is -0.399. The predicted molar refractivity (Wildman–Crippen MR) is 121 cm³/mol. The van der Waals surface area contributed by atoms with Crippen molar-refractivity contribution < 1.29 is 9.66 Å². The Morgan fingerprint density at radius 3 is 2.75 bits per heavy atom. The molecule has 8 heteroatoms. The molecule has 2 aliphatic heterocycles. The lowest BCUT2D eigenvalue weighted by Crippen LogP contribution is -2.50. The van der Waals surface area contributed by atoms with Crippen LogP contribution in [0.25, 0.3) is 11.4 Å². The zero-order chi connectivity index (χ0) is 22.1. The van der Waals surface area contributed by atoms with Gasteiger partial charge in [0.25, 0.3) is 5.69 Å². The van der Waals surface area contributed by atoms with Crippen LogP contribution in [0.15, 0.2) is 60.7 Å². The van der Waals surface area contributed by atoms with Gasteiger partial charge in [-0.05, 0) is 12.5 Å².